The van der Waals surface area contributed by atoms with E-state index in [9.17, 15) is 4.79 Å². The quantitative estimate of drug-likeness (QED) is 0.766. The molecule has 1 N–H and O–H groups in total. The van der Waals surface area contributed by atoms with E-state index in [2.05, 4.69) is 23.3 Å². The highest BCUT2D eigenvalue weighted by Gasteiger charge is 2.12. The van der Waals surface area contributed by atoms with Gasteiger partial charge in [-0.2, -0.15) is 0 Å². The number of carbonyl (C=O) groups is 1. The minimum Gasteiger partial charge on any atom is -0.352 e. The van der Waals surface area contributed by atoms with Gasteiger partial charge in [0.25, 0.3) is 5.91 Å². The zero-order chi connectivity index (χ0) is 15.4. The Morgan fingerprint density at radius 2 is 1.86 bits per heavy atom. The van der Waals surface area contributed by atoms with E-state index in [1.165, 1.54) is 4.70 Å². The first kappa shape index (κ1) is 14.7. The number of hydrogen-bond donors (Lipinski definition) is 1. The van der Waals surface area contributed by atoms with Crippen molar-refractivity contribution in [1.29, 1.82) is 0 Å². The Balaban J connectivity index is 1.56. The van der Waals surface area contributed by atoms with Crippen molar-refractivity contribution in [2.75, 3.05) is 6.54 Å². The van der Waals surface area contributed by atoms with Gasteiger partial charge in [-0.25, -0.2) is 4.98 Å². The summed E-state index contributed by atoms with van der Waals surface area (Å²) in [5, 5.41) is 4.11. The van der Waals surface area contributed by atoms with Crippen LogP contribution >= 0.6 is 11.3 Å². The van der Waals surface area contributed by atoms with Crippen LogP contribution in [0, 0.1) is 0 Å². The highest BCUT2D eigenvalue weighted by atomic mass is 32.1. The molecule has 0 aliphatic heterocycles. The zero-order valence-electron chi connectivity index (χ0n) is 12.5. The first-order valence-corrected chi connectivity index (χ1v) is 8.24. The first-order valence-electron chi connectivity index (χ1n) is 7.43. The van der Waals surface area contributed by atoms with Gasteiger partial charge in [0.1, 0.15) is 0 Å². The van der Waals surface area contributed by atoms with Crippen LogP contribution in [-0.4, -0.2) is 17.4 Å². The molecule has 112 valence electrons. The van der Waals surface area contributed by atoms with E-state index in [1.54, 1.807) is 11.3 Å². The molecule has 0 aliphatic carbocycles. The van der Waals surface area contributed by atoms with E-state index in [0.717, 1.165) is 16.9 Å². The lowest BCUT2D eigenvalue weighted by Crippen LogP contribution is -2.25. The fourth-order valence-corrected chi connectivity index (χ4v) is 3.37. The van der Waals surface area contributed by atoms with Crippen molar-refractivity contribution in [2.45, 2.75) is 19.3 Å². The molecule has 0 spiro atoms. The van der Waals surface area contributed by atoms with Crippen molar-refractivity contribution in [3.8, 4) is 0 Å². The lowest BCUT2D eigenvalue weighted by Gasteiger charge is -2.09. The summed E-state index contributed by atoms with van der Waals surface area (Å²) in [5.41, 5.74) is 1.76. The van der Waals surface area contributed by atoms with Crippen molar-refractivity contribution in [3.05, 3.63) is 65.2 Å². The van der Waals surface area contributed by atoms with Crippen LogP contribution in [0.15, 0.2) is 54.6 Å². The standard InChI is InChI=1S/C18H18N2OS/c1-13(18-20-15-9-5-6-10-16(15)22-18)11-12-19-17(21)14-7-3-2-4-8-14/h2-10,13H,11-12H2,1H3,(H,19,21). The summed E-state index contributed by atoms with van der Waals surface area (Å²) in [6.07, 6.45) is 0.887. The van der Waals surface area contributed by atoms with Gasteiger partial charge in [0.15, 0.2) is 0 Å². The number of rotatable bonds is 5. The molecule has 0 saturated heterocycles. The van der Waals surface area contributed by atoms with Crippen LogP contribution in [0.2, 0.25) is 0 Å². The second-order valence-electron chi connectivity index (χ2n) is 5.33. The van der Waals surface area contributed by atoms with Crippen molar-refractivity contribution in [3.63, 3.8) is 0 Å². The fraction of sp³-hybridized carbons (Fsp3) is 0.222. The van der Waals surface area contributed by atoms with Gasteiger partial charge in [0.2, 0.25) is 0 Å². The van der Waals surface area contributed by atoms with Crippen molar-refractivity contribution >= 4 is 27.5 Å². The van der Waals surface area contributed by atoms with Crippen LogP contribution in [0.25, 0.3) is 10.2 Å². The third kappa shape index (κ3) is 3.34. The summed E-state index contributed by atoms with van der Waals surface area (Å²) in [4.78, 5) is 16.7. The summed E-state index contributed by atoms with van der Waals surface area (Å²) in [7, 11) is 0. The minimum atomic E-state index is -0.0166. The average molecular weight is 310 g/mol. The number of benzene rings is 2. The van der Waals surface area contributed by atoms with Crippen molar-refractivity contribution < 1.29 is 4.79 Å². The Kier molecular flexibility index (Phi) is 4.49. The molecule has 0 aliphatic rings. The molecule has 2 aromatic carbocycles. The average Bonchev–Trinajstić information content (AvgIpc) is 2.99. The molecule has 4 heteroatoms. The monoisotopic (exact) mass is 310 g/mol. The minimum absolute atomic E-state index is 0.0166. The van der Waals surface area contributed by atoms with Crippen LogP contribution in [0.4, 0.5) is 0 Å². The van der Waals surface area contributed by atoms with Gasteiger partial charge >= 0.3 is 0 Å². The van der Waals surface area contributed by atoms with E-state index in [1.807, 2.05) is 48.5 Å². The molecular weight excluding hydrogens is 292 g/mol. The molecule has 3 nitrogen and oxygen atoms in total. The summed E-state index contributed by atoms with van der Waals surface area (Å²) >= 11 is 1.74. The smallest absolute Gasteiger partial charge is 0.251 e. The van der Waals surface area contributed by atoms with E-state index < -0.39 is 0 Å². The number of hydrogen-bond acceptors (Lipinski definition) is 3. The predicted octanol–water partition coefficient (Wildman–Crippen LogP) is 4.22. The number of carbonyl (C=O) groups excluding carboxylic acids is 1. The molecule has 0 saturated carbocycles. The zero-order valence-corrected chi connectivity index (χ0v) is 13.3. The number of fused-ring (bicyclic) bond motifs is 1. The molecule has 1 amide bonds. The van der Waals surface area contributed by atoms with E-state index in [4.69, 9.17) is 0 Å². The maximum Gasteiger partial charge on any atom is 0.251 e. The summed E-state index contributed by atoms with van der Waals surface area (Å²) < 4.78 is 1.22. The van der Waals surface area contributed by atoms with Gasteiger partial charge in [-0.1, -0.05) is 37.3 Å². The first-order chi connectivity index (χ1) is 10.7. The normalized spacial score (nSPS) is 12.2. The molecule has 0 radical (unpaired) electrons. The Bertz CT molecular complexity index is 734. The van der Waals surface area contributed by atoms with Gasteiger partial charge in [-0.3, -0.25) is 4.79 Å². The molecule has 1 heterocycles. The van der Waals surface area contributed by atoms with Crippen LogP contribution < -0.4 is 5.32 Å². The van der Waals surface area contributed by atoms with Gasteiger partial charge in [0.05, 0.1) is 15.2 Å². The molecule has 1 atom stereocenters. The van der Waals surface area contributed by atoms with E-state index in [0.29, 0.717) is 18.0 Å². The van der Waals surface area contributed by atoms with Crippen LogP contribution in [0.3, 0.4) is 0 Å². The van der Waals surface area contributed by atoms with Crippen LogP contribution in [0.1, 0.15) is 34.6 Å². The van der Waals surface area contributed by atoms with Crippen LogP contribution in [-0.2, 0) is 0 Å². The molecule has 3 rings (SSSR count). The lowest BCUT2D eigenvalue weighted by molar-refractivity contribution is 0.0952. The molecule has 0 bridgehead atoms. The Hall–Kier alpha value is -2.20. The number of para-hydroxylation sites is 1. The number of thiazole rings is 1. The van der Waals surface area contributed by atoms with E-state index in [-0.39, 0.29) is 5.91 Å². The lowest BCUT2D eigenvalue weighted by atomic mass is 10.1. The maximum absolute atomic E-state index is 12.0. The molecular formula is C18H18N2OS. The molecule has 0 fully saturated rings. The highest BCUT2D eigenvalue weighted by Crippen LogP contribution is 2.28. The third-order valence-electron chi connectivity index (χ3n) is 3.63. The van der Waals surface area contributed by atoms with Crippen molar-refractivity contribution in [2.24, 2.45) is 0 Å². The van der Waals surface area contributed by atoms with E-state index >= 15 is 0 Å². The van der Waals surface area contributed by atoms with Gasteiger partial charge in [-0.05, 0) is 30.7 Å². The third-order valence-corrected chi connectivity index (χ3v) is 4.90. The molecule has 1 aromatic heterocycles. The number of aromatic nitrogens is 1. The summed E-state index contributed by atoms with van der Waals surface area (Å²) in [6, 6.07) is 17.5. The summed E-state index contributed by atoms with van der Waals surface area (Å²) in [6.45, 7) is 2.82. The largest absolute Gasteiger partial charge is 0.352 e. The topological polar surface area (TPSA) is 42.0 Å². The van der Waals surface area contributed by atoms with Gasteiger partial charge in [0, 0.05) is 18.0 Å². The number of nitrogens with one attached hydrogen (secondary N) is 1. The summed E-state index contributed by atoms with van der Waals surface area (Å²) in [5.74, 6) is 0.325. The van der Waals surface area contributed by atoms with Crippen molar-refractivity contribution in [1.82, 2.24) is 10.3 Å². The fourth-order valence-electron chi connectivity index (χ4n) is 2.32. The molecule has 3 aromatic rings. The van der Waals surface area contributed by atoms with Gasteiger partial charge < -0.3 is 5.32 Å². The highest BCUT2D eigenvalue weighted by molar-refractivity contribution is 7.18. The number of nitrogens with zero attached hydrogens (tertiary/aromatic N) is 1. The SMILES string of the molecule is CC(CCNC(=O)c1ccccc1)c1nc2ccccc2s1. The maximum atomic E-state index is 12.0. The van der Waals surface area contributed by atoms with Crippen LogP contribution in [0.5, 0.6) is 0 Å². The number of amides is 1. The Morgan fingerprint density at radius 3 is 2.64 bits per heavy atom. The Labute approximate surface area is 134 Å². The molecule has 22 heavy (non-hydrogen) atoms. The second-order valence-corrected chi connectivity index (χ2v) is 6.39. The van der Waals surface area contributed by atoms with Gasteiger partial charge in [-0.15, -0.1) is 11.3 Å². The predicted molar refractivity (Wildman–Crippen MR) is 91.4 cm³/mol. The Morgan fingerprint density at radius 1 is 1.14 bits per heavy atom. The molecule has 1 unspecified atom stereocenters. The second kappa shape index (κ2) is 6.71.